The lowest BCUT2D eigenvalue weighted by molar-refractivity contribution is -0.122. The van der Waals surface area contributed by atoms with E-state index in [9.17, 15) is 22.9 Å². The molecule has 0 heterocycles. The van der Waals surface area contributed by atoms with Crippen molar-refractivity contribution in [2.75, 3.05) is 5.75 Å². The van der Waals surface area contributed by atoms with Crippen molar-refractivity contribution in [2.24, 2.45) is 0 Å². The van der Waals surface area contributed by atoms with Gasteiger partial charge in [-0.3, -0.25) is 9.35 Å². The molecular formula is C40H81NO5S. The average molecular weight is 688 g/mol. The Morgan fingerprint density at radius 1 is 0.489 bits per heavy atom. The van der Waals surface area contributed by atoms with Crippen LogP contribution in [-0.2, 0) is 14.9 Å². The maximum atomic E-state index is 12.5. The number of nitrogens with one attached hydrogen (secondary N) is 1. The Kier molecular flexibility index (Phi) is 34.7. The van der Waals surface area contributed by atoms with Crippen LogP contribution in [0, 0.1) is 0 Å². The highest BCUT2D eigenvalue weighted by atomic mass is 32.2. The highest BCUT2D eigenvalue weighted by Crippen LogP contribution is 2.17. The van der Waals surface area contributed by atoms with Crippen molar-refractivity contribution in [3.8, 4) is 0 Å². The maximum absolute atomic E-state index is 12.5. The van der Waals surface area contributed by atoms with Gasteiger partial charge in [-0.2, -0.15) is 8.42 Å². The summed E-state index contributed by atoms with van der Waals surface area (Å²) in [4.78, 5) is 12.5. The van der Waals surface area contributed by atoms with Crippen molar-refractivity contribution in [3.05, 3.63) is 0 Å². The summed E-state index contributed by atoms with van der Waals surface area (Å²) in [6.45, 7) is 4.52. The summed E-state index contributed by atoms with van der Waals surface area (Å²) in [5, 5.41) is 13.4. The predicted molar refractivity (Wildman–Crippen MR) is 203 cm³/mol. The van der Waals surface area contributed by atoms with Gasteiger partial charge < -0.3 is 10.4 Å². The highest BCUT2D eigenvalue weighted by molar-refractivity contribution is 7.85. The first-order chi connectivity index (χ1) is 22.8. The minimum Gasteiger partial charge on any atom is -0.391 e. The van der Waals surface area contributed by atoms with E-state index < -0.39 is 28.0 Å². The van der Waals surface area contributed by atoms with Crippen LogP contribution >= 0.6 is 0 Å². The van der Waals surface area contributed by atoms with Gasteiger partial charge in [0.25, 0.3) is 10.1 Å². The third kappa shape index (κ3) is 36.4. The standard InChI is InChI=1S/C40H81NO5S/c1-3-5-7-9-11-13-15-17-18-19-20-21-22-23-24-25-27-29-31-33-35-39(42)38(37-47(44,45)46)41-40(43)36-34-32-30-28-26-16-14-12-10-8-6-4-2/h38-39,42H,3-37H2,1-2H3,(H,41,43)(H,44,45,46). The molecule has 0 aromatic heterocycles. The van der Waals surface area contributed by atoms with E-state index in [1.165, 1.54) is 167 Å². The van der Waals surface area contributed by atoms with Gasteiger partial charge in [-0.25, -0.2) is 0 Å². The van der Waals surface area contributed by atoms with Crippen LogP contribution in [0.2, 0.25) is 0 Å². The zero-order valence-electron chi connectivity index (χ0n) is 31.4. The molecule has 0 saturated heterocycles. The molecule has 0 saturated carbocycles. The third-order valence-corrected chi connectivity index (χ3v) is 10.6. The van der Waals surface area contributed by atoms with Gasteiger partial charge in [0.1, 0.15) is 0 Å². The first kappa shape index (κ1) is 46.3. The lowest BCUT2D eigenvalue weighted by Crippen LogP contribution is -2.47. The van der Waals surface area contributed by atoms with E-state index in [-0.39, 0.29) is 5.91 Å². The highest BCUT2D eigenvalue weighted by Gasteiger charge is 2.26. The Morgan fingerprint density at radius 3 is 1.06 bits per heavy atom. The third-order valence-electron chi connectivity index (χ3n) is 9.81. The molecule has 0 bridgehead atoms. The van der Waals surface area contributed by atoms with E-state index in [2.05, 4.69) is 19.2 Å². The second-order valence-electron chi connectivity index (χ2n) is 14.6. The maximum Gasteiger partial charge on any atom is 0.266 e. The molecule has 282 valence electrons. The van der Waals surface area contributed by atoms with Crippen LogP contribution < -0.4 is 5.32 Å². The number of rotatable bonds is 38. The number of hydrogen-bond donors (Lipinski definition) is 3. The summed E-state index contributed by atoms with van der Waals surface area (Å²) < 4.78 is 32.5. The number of carbonyl (C=O) groups is 1. The Hall–Kier alpha value is -0.660. The largest absolute Gasteiger partial charge is 0.391 e. The molecule has 0 aromatic rings. The smallest absolute Gasteiger partial charge is 0.266 e. The summed E-state index contributed by atoms with van der Waals surface area (Å²) in [5.74, 6) is -0.884. The number of unbranched alkanes of at least 4 members (excludes halogenated alkanes) is 30. The van der Waals surface area contributed by atoms with Crippen LogP contribution in [0.1, 0.15) is 232 Å². The number of amides is 1. The molecule has 2 unspecified atom stereocenters. The Balaban J connectivity index is 3.78. The quantitative estimate of drug-likeness (QED) is 0.0443. The van der Waals surface area contributed by atoms with Crippen LogP contribution in [0.25, 0.3) is 0 Å². The second-order valence-corrected chi connectivity index (χ2v) is 16.1. The van der Waals surface area contributed by atoms with E-state index in [4.69, 9.17) is 0 Å². The summed E-state index contributed by atoms with van der Waals surface area (Å²) in [6, 6.07) is -0.963. The minimum atomic E-state index is -4.30. The van der Waals surface area contributed by atoms with Crippen molar-refractivity contribution in [1.29, 1.82) is 0 Å². The fraction of sp³-hybridized carbons (Fsp3) is 0.975. The Labute approximate surface area is 293 Å². The average Bonchev–Trinajstić information content (AvgIpc) is 3.03. The van der Waals surface area contributed by atoms with E-state index >= 15 is 0 Å². The first-order valence-corrected chi connectivity index (χ1v) is 22.3. The second kappa shape index (κ2) is 35.2. The van der Waals surface area contributed by atoms with Gasteiger partial charge in [0.05, 0.1) is 17.9 Å². The summed E-state index contributed by atoms with van der Waals surface area (Å²) >= 11 is 0. The van der Waals surface area contributed by atoms with Gasteiger partial charge in [0.15, 0.2) is 0 Å². The molecule has 0 aliphatic carbocycles. The molecule has 3 N–H and O–H groups in total. The molecule has 1 amide bonds. The Bertz CT molecular complexity index is 760. The van der Waals surface area contributed by atoms with Gasteiger partial charge in [0, 0.05) is 6.42 Å². The van der Waals surface area contributed by atoms with Crippen LogP contribution in [0.15, 0.2) is 0 Å². The number of hydrogen-bond acceptors (Lipinski definition) is 4. The molecule has 0 aliphatic rings. The SMILES string of the molecule is CCCCCCCCCCCCCCCCCCCCCCC(O)C(CS(=O)(=O)O)NC(=O)CCCCCCCCCCCCCC. The topological polar surface area (TPSA) is 104 Å². The number of aliphatic hydroxyl groups is 1. The monoisotopic (exact) mass is 688 g/mol. The van der Waals surface area contributed by atoms with Crippen molar-refractivity contribution in [1.82, 2.24) is 5.32 Å². The molecule has 0 rings (SSSR count). The molecule has 47 heavy (non-hydrogen) atoms. The normalized spacial score (nSPS) is 13.2. The molecule has 0 aromatic carbocycles. The molecule has 0 spiro atoms. The van der Waals surface area contributed by atoms with Crippen molar-refractivity contribution in [2.45, 2.75) is 244 Å². The van der Waals surface area contributed by atoms with E-state index in [1.807, 2.05) is 0 Å². The van der Waals surface area contributed by atoms with Gasteiger partial charge in [-0.1, -0.05) is 213 Å². The van der Waals surface area contributed by atoms with Crippen molar-refractivity contribution in [3.63, 3.8) is 0 Å². The summed E-state index contributed by atoms with van der Waals surface area (Å²) in [7, 11) is -4.30. The van der Waals surface area contributed by atoms with E-state index in [0.29, 0.717) is 12.8 Å². The fourth-order valence-electron chi connectivity index (χ4n) is 6.69. The predicted octanol–water partition coefficient (Wildman–Crippen LogP) is 12.0. The Morgan fingerprint density at radius 2 is 0.766 bits per heavy atom. The zero-order chi connectivity index (χ0) is 34.7. The van der Waals surface area contributed by atoms with Gasteiger partial charge in [-0.05, 0) is 12.8 Å². The molecule has 0 aliphatic heterocycles. The molecule has 6 nitrogen and oxygen atoms in total. The van der Waals surface area contributed by atoms with E-state index in [1.54, 1.807) is 0 Å². The lowest BCUT2D eigenvalue weighted by atomic mass is 10.0. The fourth-order valence-corrected chi connectivity index (χ4v) is 7.45. The van der Waals surface area contributed by atoms with Crippen LogP contribution in [0.3, 0.4) is 0 Å². The molecular weight excluding hydrogens is 607 g/mol. The van der Waals surface area contributed by atoms with Crippen molar-refractivity contribution < 1.29 is 22.9 Å². The zero-order valence-corrected chi connectivity index (χ0v) is 32.2. The lowest BCUT2D eigenvalue weighted by Gasteiger charge is -2.23. The summed E-state index contributed by atoms with van der Waals surface area (Å²) in [6.07, 6.45) is 40.5. The van der Waals surface area contributed by atoms with Gasteiger partial charge in [0.2, 0.25) is 5.91 Å². The molecule has 0 radical (unpaired) electrons. The number of carbonyl (C=O) groups excluding carboxylic acids is 1. The molecule has 7 heteroatoms. The minimum absolute atomic E-state index is 0.242. The van der Waals surface area contributed by atoms with Gasteiger partial charge >= 0.3 is 0 Å². The summed E-state index contributed by atoms with van der Waals surface area (Å²) in [5.41, 5.74) is 0. The first-order valence-electron chi connectivity index (χ1n) is 20.7. The van der Waals surface area contributed by atoms with Gasteiger partial charge in [-0.15, -0.1) is 0 Å². The van der Waals surface area contributed by atoms with Crippen LogP contribution in [-0.4, -0.2) is 41.9 Å². The molecule has 0 fully saturated rings. The molecule has 2 atom stereocenters. The van der Waals surface area contributed by atoms with Crippen LogP contribution in [0.5, 0.6) is 0 Å². The van der Waals surface area contributed by atoms with Crippen LogP contribution in [0.4, 0.5) is 0 Å². The van der Waals surface area contributed by atoms with Crippen molar-refractivity contribution >= 4 is 16.0 Å². The number of aliphatic hydroxyl groups excluding tert-OH is 1. The van der Waals surface area contributed by atoms with E-state index in [0.717, 1.165) is 38.5 Å².